The van der Waals surface area contributed by atoms with E-state index in [2.05, 4.69) is 11.9 Å². The van der Waals surface area contributed by atoms with E-state index in [-0.39, 0.29) is 24.1 Å². The number of rotatable bonds is 5. The van der Waals surface area contributed by atoms with Crippen molar-refractivity contribution in [3.05, 3.63) is 11.8 Å². The molecule has 0 radical (unpaired) electrons. The minimum Gasteiger partial charge on any atom is -0.395 e. The number of amides is 1. The highest BCUT2D eigenvalue weighted by atomic mass is 16.3. The van der Waals surface area contributed by atoms with Gasteiger partial charge in [-0.25, -0.2) is 0 Å². The summed E-state index contributed by atoms with van der Waals surface area (Å²) >= 11 is 0. The van der Waals surface area contributed by atoms with Crippen molar-refractivity contribution in [2.24, 2.45) is 0 Å². The van der Waals surface area contributed by atoms with Crippen molar-refractivity contribution in [2.75, 3.05) is 47.4 Å². The van der Waals surface area contributed by atoms with Gasteiger partial charge in [-0.2, -0.15) is 5.26 Å². The topological polar surface area (TPSA) is 70.8 Å². The fraction of sp³-hybridized carbons (Fsp3) is 0.714. The number of aliphatic hydroxyl groups excluding tert-OH is 1. The van der Waals surface area contributed by atoms with Gasteiger partial charge in [0.25, 0.3) is 5.91 Å². The zero-order valence-electron chi connectivity index (χ0n) is 12.5. The second-order valence-corrected chi connectivity index (χ2v) is 5.31. The van der Waals surface area contributed by atoms with Crippen LogP contribution in [-0.2, 0) is 4.79 Å². The molecule has 6 heteroatoms. The van der Waals surface area contributed by atoms with E-state index in [0.717, 1.165) is 25.9 Å². The Morgan fingerprint density at radius 1 is 1.45 bits per heavy atom. The second kappa shape index (κ2) is 7.88. The molecule has 0 atom stereocenters. The maximum atomic E-state index is 12.3. The summed E-state index contributed by atoms with van der Waals surface area (Å²) in [6.07, 6.45) is 3.37. The fourth-order valence-electron chi connectivity index (χ4n) is 2.31. The highest BCUT2D eigenvalue weighted by molar-refractivity contribution is 5.97. The molecule has 1 aliphatic heterocycles. The maximum absolute atomic E-state index is 12.3. The van der Waals surface area contributed by atoms with Crippen molar-refractivity contribution in [2.45, 2.75) is 18.9 Å². The van der Waals surface area contributed by atoms with E-state index in [1.807, 2.05) is 6.07 Å². The van der Waals surface area contributed by atoms with E-state index >= 15 is 0 Å². The lowest BCUT2D eigenvalue weighted by molar-refractivity contribution is -0.128. The van der Waals surface area contributed by atoms with Gasteiger partial charge in [-0.3, -0.25) is 4.79 Å². The number of hydrogen-bond acceptors (Lipinski definition) is 5. The standard InChI is InChI=1S/C14H24N4O2/c1-16-6-4-13(5-7-16)18(3)14(20)12(10-15)11-17(2)8-9-19/h11,13,19H,4-9H2,1-3H3/b12-11-. The molecule has 0 saturated carbocycles. The van der Waals surface area contributed by atoms with E-state index < -0.39 is 0 Å². The van der Waals surface area contributed by atoms with Gasteiger partial charge in [-0.15, -0.1) is 0 Å². The Bertz CT molecular complexity index is 394. The molecule has 0 unspecified atom stereocenters. The molecule has 1 fully saturated rings. The number of nitriles is 1. The highest BCUT2D eigenvalue weighted by Crippen LogP contribution is 2.16. The average Bonchev–Trinajstić information content (AvgIpc) is 2.44. The van der Waals surface area contributed by atoms with Gasteiger partial charge < -0.3 is 19.8 Å². The van der Waals surface area contributed by atoms with Crippen molar-refractivity contribution in [1.29, 1.82) is 5.26 Å². The van der Waals surface area contributed by atoms with Crippen LogP contribution in [0.25, 0.3) is 0 Å². The SMILES string of the molecule is CN(/C=C(/C#N)C(=O)N(C)C1CCN(C)CC1)CCO. The number of carbonyl (C=O) groups excluding carboxylic acids is 1. The Labute approximate surface area is 120 Å². The third kappa shape index (κ3) is 4.51. The number of likely N-dealkylation sites (tertiary alicyclic amines) is 1. The summed E-state index contributed by atoms with van der Waals surface area (Å²) in [4.78, 5) is 17.9. The molecule has 0 aromatic heterocycles. The molecule has 1 saturated heterocycles. The van der Waals surface area contributed by atoms with Crippen LogP contribution in [0.4, 0.5) is 0 Å². The summed E-state index contributed by atoms with van der Waals surface area (Å²) in [7, 11) is 5.56. The first kappa shape index (κ1) is 16.5. The van der Waals surface area contributed by atoms with Crippen molar-refractivity contribution < 1.29 is 9.90 Å². The summed E-state index contributed by atoms with van der Waals surface area (Å²) in [5, 5.41) is 18.0. The van der Waals surface area contributed by atoms with Crippen LogP contribution in [-0.4, -0.2) is 79.1 Å². The zero-order chi connectivity index (χ0) is 15.1. The third-order valence-electron chi connectivity index (χ3n) is 3.71. The van der Waals surface area contributed by atoms with Gasteiger partial charge in [0, 0.05) is 32.9 Å². The first-order chi connectivity index (χ1) is 9.49. The molecule has 1 heterocycles. The van der Waals surface area contributed by atoms with Gasteiger partial charge in [-0.05, 0) is 33.0 Å². The lowest BCUT2D eigenvalue weighted by Crippen LogP contribution is -2.45. The summed E-state index contributed by atoms with van der Waals surface area (Å²) in [5.41, 5.74) is 0.113. The van der Waals surface area contributed by atoms with Gasteiger partial charge in [-0.1, -0.05) is 0 Å². The Morgan fingerprint density at radius 3 is 2.55 bits per heavy atom. The first-order valence-electron chi connectivity index (χ1n) is 6.88. The van der Waals surface area contributed by atoms with Crippen LogP contribution < -0.4 is 0 Å². The van der Waals surface area contributed by atoms with E-state index in [9.17, 15) is 4.79 Å². The van der Waals surface area contributed by atoms with Crippen LogP contribution >= 0.6 is 0 Å². The Hall–Kier alpha value is -1.58. The van der Waals surface area contributed by atoms with Crippen LogP contribution in [0.1, 0.15) is 12.8 Å². The molecule has 1 rings (SSSR count). The summed E-state index contributed by atoms with van der Waals surface area (Å²) in [6.45, 7) is 2.33. The van der Waals surface area contributed by atoms with E-state index in [1.165, 1.54) is 6.20 Å². The molecular weight excluding hydrogens is 256 g/mol. The minimum atomic E-state index is -0.244. The minimum absolute atomic E-state index is 0.00923. The Kier molecular flexibility index (Phi) is 6.49. The van der Waals surface area contributed by atoms with E-state index in [1.54, 1.807) is 23.9 Å². The van der Waals surface area contributed by atoms with Gasteiger partial charge >= 0.3 is 0 Å². The zero-order valence-corrected chi connectivity index (χ0v) is 12.5. The lowest BCUT2D eigenvalue weighted by Gasteiger charge is -2.35. The number of likely N-dealkylation sites (N-methyl/N-ethyl adjacent to an activating group) is 2. The Morgan fingerprint density at radius 2 is 2.05 bits per heavy atom. The number of nitrogens with zero attached hydrogens (tertiary/aromatic N) is 4. The molecule has 20 heavy (non-hydrogen) atoms. The van der Waals surface area contributed by atoms with Crippen LogP contribution in [0.2, 0.25) is 0 Å². The predicted molar refractivity (Wildman–Crippen MR) is 76.7 cm³/mol. The number of hydrogen-bond donors (Lipinski definition) is 1. The quantitative estimate of drug-likeness (QED) is 0.561. The molecule has 0 spiro atoms. The fourth-order valence-corrected chi connectivity index (χ4v) is 2.31. The summed E-state index contributed by atoms with van der Waals surface area (Å²) in [6, 6.07) is 2.15. The van der Waals surface area contributed by atoms with E-state index in [4.69, 9.17) is 10.4 Å². The normalized spacial score (nSPS) is 17.6. The van der Waals surface area contributed by atoms with E-state index in [0.29, 0.717) is 6.54 Å². The van der Waals surface area contributed by atoms with Crippen molar-refractivity contribution in [1.82, 2.24) is 14.7 Å². The van der Waals surface area contributed by atoms with Crippen LogP contribution in [0.5, 0.6) is 0 Å². The van der Waals surface area contributed by atoms with Crippen LogP contribution in [0.3, 0.4) is 0 Å². The highest BCUT2D eigenvalue weighted by Gasteiger charge is 2.26. The molecule has 1 N–H and O–H groups in total. The lowest BCUT2D eigenvalue weighted by atomic mass is 10.0. The molecule has 0 aromatic carbocycles. The number of aliphatic hydroxyl groups is 1. The summed E-state index contributed by atoms with van der Waals surface area (Å²) < 4.78 is 0. The average molecular weight is 280 g/mol. The molecule has 0 aromatic rings. The largest absolute Gasteiger partial charge is 0.395 e. The van der Waals surface area contributed by atoms with Crippen molar-refractivity contribution >= 4 is 5.91 Å². The molecule has 112 valence electrons. The molecule has 0 bridgehead atoms. The monoisotopic (exact) mass is 280 g/mol. The molecular formula is C14H24N4O2. The third-order valence-corrected chi connectivity index (χ3v) is 3.71. The van der Waals surface area contributed by atoms with Gasteiger partial charge in [0.05, 0.1) is 6.61 Å². The number of piperidine rings is 1. The molecule has 0 aliphatic carbocycles. The molecule has 6 nitrogen and oxygen atoms in total. The smallest absolute Gasteiger partial charge is 0.265 e. The van der Waals surface area contributed by atoms with Gasteiger partial charge in [0.1, 0.15) is 11.6 Å². The van der Waals surface area contributed by atoms with Gasteiger partial charge in [0.15, 0.2) is 0 Å². The van der Waals surface area contributed by atoms with Crippen molar-refractivity contribution in [3.63, 3.8) is 0 Å². The maximum Gasteiger partial charge on any atom is 0.265 e. The van der Waals surface area contributed by atoms with Crippen LogP contribution in [0, 0.1) is 11.3 Å². The first-order valence-corrected chi connectivity index (χ1v) is 6.88. The molecule has 1 aliphatic rings. The summed E-state index contributed by atoms with van der Waals surface area (Å²) in [5.74, 6) is -0.244. The Balaban J connectivity index is 2.68. The molecule has 1 amide bonds. The predicted octanol–water partition coefficient (Wildman–Crippen LogP) is -0.129. The second-order valence-electron chi connectivity index (χ2n) is 5.31. The number of carbonyl (C=O) groups is 1. The van der Waals surface area contributed by atoms with Crippen molar-refractivity contribution in [3.8, 4) is 6.07 Å². The van der Waals surface area contributed by atoms with Gasteiger partial charge in [0.2, 0.25) is 0 Å². The van der Waals surface area contributed by atoms with Crippen LogP contribution in [0.15, 0.2) is 11.8 Å².